The third-order valence-electron chi connectivity index (χ3n) is 7.85. The predicted octanol–water partition coefficient (Wildman–Crippen LogP) is 6.47. The molecule has 1 amide bonds. The second kappa shape index (κ2) is 11.0. The Hall–Kier alpha value is -3.37. The number of hydrogen-bond donors (Lipinski definition) is 1. The molecule has 2 aromatic carbocycles. The summed E-state index contributed by atoms with van der Waals surface area (Å²) >= 11 is 3.47. The van der Waals surface area contributed by atoms with Gasteiger partial charge in [-0.2, -0.15) is 0 Å². The molecule has 0 saturated heterocycles. The number of imidazole rings is 2. The van der Waals surface area contributed by atoms with E-state index in [1.807, 2.05) is 45.0 Å². The van der Waals surface area contributed by atoms with E-state index in [-0.39, 0.29) is 23.1 Å². The summed E-state index contributed by atoms with van der Waals surface area (Å²) in [6.45, 7) is 15.2. The molecule has 6 rings (SSSR count). The van der Waals surface area contributed by atoms with Gasteiger partial charge in [0.2, 0.25) is 5.91 Å². The van der Waals surface area contributed by atoms with Crippen molar-refractivity contribution in [1.82, 2.24) is 29.3 Å². The van der Waals surface area contributed by atoms with E-state index in [4.69, 9.17) is 4.98 Å². The van der Waals surface area contributed by atoms with Gasteiger partial charge in [-0.25, -0.2) is 18.7 Å². The van der Waals surface area contributed by atoms with Gasteiger partial charge in [0.1, 0.15) is 23.3 Å². The van der Waals surface area contributed by atoms with E-state index in [1.165, 1.54) is 24.3 Å². The molecule has 0 unspecified atom stereocenters. The number of nitrogens with one attached hydrogen (secondary N) is 1. The highest BCUT2D eigenvalue weighted by atomic mass is 79.9. The summed E-state index contributed by atoms with van der Waals surface area (Å²) in [5.41, 5.74) is 2.89. The maximum absolute atomic E-state index is 13.1. The molecule has 2 aromatic heterocycles. The zero-order chi connectivity index (χ0) is 30.4. The van der Waals surface area contributed by atoms with Crippen LogP contribution in [0.25, 0.3) is 22.5 Å². The van der Waals surface area contributed by atoms with Crippen molar-refractivity contribution >= 4 is 21.8 Å². The fourth-order valence-corrected chi connectivity index (χ4v) is 5.75. The number of amides is 1. The fourth-order valence-electron chi connectivity index (χ4n) is 5.53. The summed E-state index contributed by atoms with van der Waals surface area (Å²) in [5.74, 6) is 1.44. The number of carbonyl (C=O) groups is 1. The summed E-state index contributed by atoms with van der Waals surface area (Å²) < 4.78 is 29.7. The van der Waals surface area contributed by atoms with Crippen LogP contribution in [0.3, 0.4) is 0 Å². The number of benzene rings is 2. The Morgan fingerprint density at radius 3 is 1.76 bits per heavy atom. The lowest BCUT2D eigenvalue weighted by Crippen LogP contribution is -2.55. The molecule has 222 valence electrons. The highest BCUT2D eigenvalue weighted by Crippen LogP contribution is 2.36. The van der Waals surface area contributed by atoms with Crippen molar-refractivity contribution in [3.05, 3.63) is 84.2 Å². The maximum atomic E-state index is 13.1. The molecular formula is C32H37BrF2N6O. The third-order valence-corrected chi connectivity index (χ3v) is 8.19. The Labute approximate surface area is 254 Å². The SMILES string of the molecule is CC(C)(Br)C(=O)N1CCn2cc(-c3ccc(F)cc3)nc2C1(C)C.CC1(C)NCCn2cc(-c3ccc(F)cc3)nc21. The smallest absolute Gasteiger partial charge is 0.239 e. The number of halogens is 3. The molecule has 0 spiro atoms. The van der Waals surface area contributed by atoms with Gasteiger partial charge in [-0.15, -0.1) is 0 Å². The largest absolute Gasteiger partial charge is 0.331 e. The molecule has 0 saturated carbocycles. The second-order valence-corrected chi connectivity index (χ2v) is 14.3. The van der Waals surface area contributed by atoms with E-state index >= 15 is 0 Å². The second-order valence-electron chi connectivity index (χ2n) is 12.3. The minimum atomic E-state index is -0.612. The van der Waals surface area contributed by atoms with Crippen molar-refractivity contribution < 1.29 is 13.6 Å². The predicted molar refractivity (Wildman–Crippen MR) is 164 cm³/mol. The first-order valence-corrected chi connectivity index (χ1v) is 14.9. The number of alkyl halides is 1. The van der Waals surface area contributed by atoms with Crippen LogP contribution in [-0.4, -0.2) is 47.3 Å². The Bertz CT molecular complexity index is 1580. The molecule has 0 bridgehead atoms. The number of carbonyl (C=O) groups excluding carboxylic acids is 1. The van der Waals surface area contributed by atoms with Crippen LogP contribution < -0.4 is 5.32 Å². The van der Waals surface area contributed by atoms with E-state index in [9.17, 15) is 13.6 Å². The first-order valence-electron chi connectivity index (χ1n) is 14.1. The van der Waals surface area contributed by atoms with Crippen LogP contribution >= 0.6 is 15.9 Å². The average Bonchev–Trinajstić information content (AvgIpc) is 3.56. The van der Waals surface area contributed by atoms with E-state index in [0.29, 0.717) is 13.1 Å². The summed E-state index contributed by atoms with van der Waals surface area (Å²) in [7, 11) is 0. The average molecular weight is 640 g/mol. The molecule has 4 heterocycles. The van der Waals surface area contributed by atoms with Crippen molar-refractivity contribution in [3.63, 3.8) is 0 Å². The highest BCUT2D eigenvalue weighted by Gasteiger charge is 2.43. The minimum Gasteiger partial charge on any atom is -0.331 e. The molecule has 0 radical (unpaired) electrons. The molecule has 2 aliphatic heterocycles. The zero-order valence-electron chi connectivity index (χ0n) is 24.9. The van der Waals surface area contributed by atoms with Gasteiger partial charge in [0.05, 0.1) is 26.8 Å². The number of nitrogens with zero attached hydrogens (tertiary/aromatic N) is 5. The molecule has 1 N–H and O–H groups in total. The van der Waals surface area contributed by atoms with Crippen LogP contribution in [0.2, 0.25) is 0 Å². The molecule has 42 heavy (non-hydrogen) atoms. The first kappa shape index (κ1) is 30.1. The van der Waals surface area contributed by atoms with Crippen molar-refractivity contribution in [2.75, 3.05) is 13.1 Å². The summed E-state index contributed by atoms with van der Waals surface area (Å²) in [6, 6.07) is 12.8. The van der Waals surface area contributed by atoms with Gasteiger partial charge in [0.25, 0.3) is 0 Å². The molecule has 4 aromatic rings. The van der Waals surface area contributed by atoms with Crippen LogP contribution in [0.4, 0.5) is 8.78 Å². The number of fused-ring (bicyclic) bond motifs is 2. The lowest BCUT2D eigenvalue weighted by molar-refractivity contribution is -0.140. The van der Waals surface area contributed by atoms with Crippen molar-refractivity contribution in [1.29, 1.82) is 0 Å². The molecule has 10 heteroatoms. The third kappa shape index (κ3) is 5.92. The Kier molecular flexibility index (Phi) is 7.91. The lowest BCUT2D eigenvalue weighted by Gasteiger charge is -2.44. The van der Waals surface area contributed by atoms with Crippen LogP contribution in [0.15, 0.2) is 60.9 Å². The Balaban J connectivity index is 0.000000175. The van der Waals surface area contributed by atoms with Crippen LogP contribution in [-0.2, 0) is 29.0 Å². The number of aromatic nitrogens is 4. The maximum Gasteiger partial charge on any atom is 0.239 e. The standard InChI is InChI=1S/C18H21BrFN3O.C14H16FN3/c1-17(2,19)16(24)23-10-9-22-11-14(21-15(22)18(23,3)4)12-5-7-13(20)8-6-12;1-14(2)13-17-12(9-18(13)8-7-16-14)10-3-5-11(15)6-4-10/h5-8,11H,9-10H2,1-4H3;3-6,9,16H,7-8H2,1-2H3. The van der Waals surface area contributed by atoms with Gasteiger partial charge in [-0.3, -0.25) is 4.79 Å². The Morgan fingerprint density at radius 1 is 0.810 bits per heavy atom. The highest BCUT2D eigenvalue weighted by molar-refractivity contribution is 9.10. The topological polar surface area (TPSA) is 68.0 Å². The van der Waals surface area contributed by atoms with E-state index < -0.39 is 9.86 Å². The zero-order valence-corrected chi connectivity index (χ0v) is 26.5. The van der Waals surface area contributed by atoms with Crippen LogP contribution in [0.5, 0.6) is 0 Å². The van der Waals surface area contributed by atoms with Crippen LogP contribution in [0.1, 0.15) is 53.2 Å². The van der Waals surface area contributed by atoms with Crippen molar-refractivity contribution in [3.8, 4) is 22.5 Å². The quantitative estimate of drug-likeness (QED) is 0.261. The molecule has 0 atom stereocenters. The van der Waals surface area contributed by atoms with E-state index in [2.05, 4.69) is 49.2 Å². The number of rotatable bonds is 3. The van der Waals surface area contributed by atoms with Gasteiger partial charge in [-0.1, -0.05) is 15.9 Å². The molecule has 0 aliphatic carbocycles. The first-order chi connectivity index (χ1) is 19.7. The monoisotopic (exact) mass is 638 g/mol. The summed E-state index contributed by atoms with van der Waals surface area (Å²) in [4.78, 5) is 24.1. The Morgan fingerprint density at radius 2 is 1.29 bits per heavy atom. The minimum absolute atomic E-state index is 0.0464. The van der Waals surface area contributed by atoms with Gasteiger partial charge in [0, 0.05) is 49.7 Å². The van der Waals surface area contributed by atoms with Gasteiger partial charge >= 0.3 is 0 Å². The lowest BCUT2D eigenvalue weighted by atomic mass is 9.97. The summed E-state index contributed by atoms with van der Waals surface area (Å²) in [6.07, 6.45) is 4.02. The normalized spacial score (nSPS) is 17.1. The van der Waals surface area contributed by atoms with E-state index in [1.54, 1.807) is 24.3 Å². The molecule has 2 aliphatic rings. The van der Waals surface area contributed by atoms with Crippen molar-refractivity contribution in [2.45, 2.75) is 70.0 Å². The van der Waals surface area contributed by atoms with E-state index in [0.717, 1.165) is 47.3 Å². The van der Waals surface area contributed by atoms with Crippen LogP contribution in [0, 0.1) is 11.6 Å². The number of hydrogen-bond acceptors (Lipinski definition) is 4. The fraction of sp³-hybridized carbons (Fsp3) is 0.406. The summed E-state index contributed by atoms with van der Waals surface area (Å²) in [5, 5.41) is 3.45. The molecule has 7 nitrogen and oxygen atoms in total. The van der Waals surface area contributed by atoms with Gasteiger partial charge in [0.15, 0.2) is 0 Å². The molecule has 0 fully saturated rings. The van der Waals surface area contributed by atoms with Gasteiger partial charge < -0.3 is 19.4 Å². The van der Waals surface area contributed by atoms with Gasteiger partial charge in [-0.05, 0) is 90.1 Å². The van der Waals surface area contributed by atoms with Crippen molar-refractivity contribution in [2.24, 2.45) is 0 Å². The molecular weight excluding hydrogens is 602 g/mol.